The molecule has 1 saturated carbocycles. The van der Waals surface area contributed by atoms with Crippen molar-refractivity contribution in [2.45, 2.75) is 81.3 Å². The smallest absolute Gasteiger partial charge is 0.340 e. The molecule has 2 aliphatic heterocycles. The number of hydrogen-bond donors (Lipinski definition) is 2. The summed E-state index contributed by atoms with van der Waals surface area (Å²) in [6.07, 6.45) is 13.4. The molecule has 0 radical (unpaired) electrons. The zero-order valence-corrected chi connectivity index (χ0v) is 24.7. The highest BCUT2D eigenvalue weighted by Crippen LogP contribution is 2.47. The van der Waals surface area contributed by atoms with Crippen molar-refractivity contribution >= 4 is 23.3 Å². The first kappa shape index (κ1) is 28.6. The number of aliphatic carboxylic acids is 1. The predicted molar refractivity (Wildman–Crippen MR) is 161 cm³/mol. The maximum Gasteiger partial charge on any atom is 0.340 e. The molecule has 2 aromatic carbocycles. The molecule has 0 amide bonds. The van der Waals surface area contributed by atoms with Gasteiger partial charge in [0.1, 0.15) is 5.75 Å². The fraction of sp³-hybridized carbons (Fsp3) is 0.559. The van der Waals surface area contributed by atoms with E-state index in [-0.39, 0.29) is 17.9 Å². The Morgan fingerprint density at radius 2 is 1.98 bits per heavy atom. The lowest BCUT2D eigenvalue weighted by Crippen LogP contribution is -2.49. The van der Waals surface area contributed by atoms with Crippen molar-refractivity contribution < 1.29 is 24.5 Å². The molecule has 1 fully saturated rings. The minimum absolute atomic E-state index is 0.0966. The maximum atomic E-state index is 12.5. The largest absolute Gasteiger partial charge is 0.490 e. The number of carboxylic acid groups (broad SMARTS) is 1. The summed E-state index contributed by atoms with van der Waals surface area (Å²) in [5.74, 6) is 0.427. The van der Waals surface area contributed by atoms with Gasteiger partial charge in [0.15, 0.2) is 5.60 Å². The third-order valence-electron chi connectivity index (χ3n) is 10.2. The van der Waals surface area contributed by atoms with Crippen LogP contribution in [0.1, 0.15) is 74.5 Å². The molecule has 6 rings (SSSR count). The van der Waals surface area contributed by atoms with E-state index in [1.165, 1.54) is 11.1 Å². The molecule has 6 nitrogen and oxygen atoms in total. The molecule has 1 spiro atoms. The Hall–Kier alpha value is -2.54. The number of aliphatic hydroxyl groups is 1. The summed E-state index contributed by atoms with van der Waals surface area (Å²) in [6.45, 7) is 2.14. The number of anilines is 1. The number of aryl methyl sites for hydroxylation is 1. The van der Waals surface area contributed by atoms with E-state index in [2.05, 4.69) is 29.2 Å². The highest BCUT2D eigenvalue weighted by Gasteiger charge is 2.45. The molecule has 220 valence electrons. The molecule has 2 N–H and O–H groups in total. The summed E-state index contributed by atoms with van der Waals surface area (Å²) in [7, 11) is 1.82. The van der Waals surface area contributed by atoms with Crippen LogP contribution >= 0.6 is 11.6 Å². The van der Waals surface area contributed by atoms with Crippen molar-refractivity contribution in [1.29, 1.82) is 0 Å². The zero-order chi connectivity index (χ0) is 28.6. The first-order valence-electron chi connectivity index (χ1n) is 15.3. The lowest BCUT2D eigenvalue weighted by atomic mass is 9.68. The van der Waals surface area contributed by atoms with Gasteiger partial charge in [-0.15, -0.1) is 0 Å². The summed E-state index contributed by atoms with van der Waals surface area (Å²) >= 11 is 6.41. The van der Waals surface area contributed by atoms with Gasteiger partial charge in [0.05, 0.1) is 18.4 Å². The summed E-state index contributed by atoms with van der Waals surface area (Å²) < 4.78 is 12.6. The Labute approximate surface area is 248 Å². The molecular weight excluding hydrogens is 538 g/mol. The van der Waals surface area contributed by atoms with Crippen molar-refractivity contribution in [1.82, 2.24) is 0 Å². The van der Waals surface area contributed by atoms with Crippen LogP contribution in [0.15, 0.2) is 48.6 Å². The molecular formula is C34H42ClNO5. The first-order valence-corrected chi connectivity index (χ1v) is 15.7. The first-order chi connectivity index (χ1) is 19.8. The number of rotatable bonds is 2. The summed E-state index contributed by atoms with van der Waals surface area (Å²) in [5, 5.41) is 22.5. The van der Waals surface area contributed by atoms with Crippen molar-refractivity contribution in [2.24, 2.45) is 11.8 Å². The average Bonchev–Trinajstić information content (AvgIpc) is 3.10. The number of fused-ring (bicyclic) bond motifs is 4. The second kappa shape index (κ2) is 11.6. The monoisotopic (exact) mass is 579 g/mol. The van der Waals surface area contributed by atoms with Crippen LogP contribution < -0.4 is 9.64 Å². The highest BCUT2D eigenvalue weighted by molar-refractivity contribution is 6.30. The summed E-state index contributed by atoms with van der Waals surface area (Å²) in [6, 6.07) is 11.8. The Bertz CT molecular complexity index is 1310. The fourth-order valence-electron chi connectivity index (χ4n) is 7.73. The minimum atomic E-state index is -1.94. The number of carbonyl (C=O) groups is 1. The average molecular weight is 580 g/mol. The number of hydrogen-bond acceptors (Lipinski definition) is 5. The second-order valence-electron chi connectivity index (χ2n) is 12.7. The van der Waals surface area contributed by atoms with Gasteiger partial charge in [-0.1, -0.05) is 42.3 Å². The van der Waals surface area contributed by atoms with E-state index >= 15 is 0 Å². The Balaban J connectivity index is 1.44. The molecule has 0 aromatic heterocycles. The van der Waals surface area contributed by atoms with E-state index in [9.17, 15) is 15.0 Å². The van der Waals surface area contributed by atoms with Crippen LogP contribution in [0.3, 0.4) is 0 Å². The van der Waals surface area contributed by atoms with Crippen LogP contribution in [0.2, 0.25) is 5.02 Å². The van der Waals surface area contributed by atoms with E-state index < -0.39 is 11.6 Å². The number of benzene rings is 2. The molecule has 2 bridgehead atoms. The van der Waals surface area contributed by atoms with Gasteiger partial charge >= 0.3 is 5.97 Å². The predicted octanol–water partition coefficient (Wildman–Crippen LogP) is 6.65. The number of ether oxygens (including phenoxy) is 2. The molecule has 5 atom stereocenters. The Morgan fingerprint density at radius 3 is 2.76 bits per heavy atom. The Morgan fingerprint density at radius 1 is 1.10 bits per heavy atom. The van der Waals surface area contributed by atoms with E-state index in [0.29, 0.717) is 30.4 Å². The third-order valence-corrected chi connectivity index (χ3v) is 10.5. The van der Waals surface area contributed by atoms with Gasteiger partial charge in [-0.05, 0) is 111 Å². The maximum absolute atomic E-state index is 12.5. The number of methoxy groups -OCH3 is 1. The Kier molecular flexibility index (Phi) is 8.10. The topological polar surface area (TPSA) is 79.2 Å². The highest BCUT2D eigenvalue weighted by atomic mass is 35.5. The van der Waals surface area contributed by atoms with Gasteiger partial charge in [-0.25, -0.2) is 4.79 Å². The second-order valence-corrected chi connectivity index (χ2v) is 13.1. The van der Waals surface area contributed by atoms with Gasteiger partial charge in [-0.2, -0.15) is 0 Å². The van der Waals surface area contributed by atoms with Crippen molar-refractivity contribution in [3.63, 3.8) is 0 Å². The molecule has 7 heteroatoms. The van der Waals surface area contributed by atoms with E-state index in [4.69, 9.17) is 21.1 Å². The van der Waals surface area contributed by atoms with Gasteiger partial charge < -0.3 is 24.6 Å². The standard InChI is InChI=1S/C34H42ClNO5/c1-40-30-9-5-3-2-4-6-17-34(39,32(37)38)25-11-15-31-29(19-25)36(20-24-10-13-27(24)30)21-33(22-41-31)16-7-8-23-18-26(35)12-14-28(23)33/h5,9,11-12,14-15,18-19,24,27,30,39H,2-4,6-8,10,13,16-17,20-22H2,1H3,(H,37,38)/b9-5+/t24-,27+,30-,33-,34-/m0/s1. The van der Waals surface area contributed by atoms with Gasteiger partial charge in [0.2, 0.25) is 0 Å². The lowest BCUT2D eigenvalue weighted by molar-refractivity contribution is -0.160. The minimum Gasteiger partial charge on any atom is -0.490 e. The van der Waals surface area contributed by atoms with Crippen LogP contribution in [0.25, 0.3) is 0 Å². The van der Waals surface area contributed by atoms with E-state index in [1.54, 1.807) is 6.07 Å². The normalized spacial score (nSPS) is 32.6. The lowest BCUT2D eigenvalue weighted by Gasteiger charge is -2.46. The number of allylic oxidation sites excluding steroid dienone is 1. The van der Waals surface area contributed by atoms with E-state index in [1.807, 2.05) is 25.3 Å². The van der Waals surface area contributed by atoms with Crippen molar-refractivity contribution in [3.05, 3.63) is 70.3 Å². The number of carboxylic acids is 1. The SMILES string of the molecule is CO[C@H]1/C=C/CCCCC[C@@](O)(C(=O)O)c2ccc3c(c2)N(C[C@@H]2CC[C@H]21)C[C@@]1(CCCc2cc(Cl)ccc21)CO3. The summed E-state index contributed by atoms with van der Waals surface area (Å²) in [4.78, 5) is 14.9. The van der Waals surface area contributed by atoms with E-state index in [0.717, 1.165) is 80.9 Å². The molecule has 2 aliphatic carbocycles. The molecule has 0 unspecified atom stereocenters. The number of nitrogens with zero attached hydrogens (tertiary/aromatic N) is 1. The van der Waals surface area contributed by atoms with Crippen LogP contribution in [-0.4, -0.2) is 49.1 Å². The molecule has 2 heterocycles. The summed E-state index contributed by atoms with van der Waals surface area (Å²) in [5.41, 5.74) is 1.75. The van der Waals surface area contributed by atoms with Crippen molar-refractivity contribution in [2.75, 3.05) is 31.7 Å². The molecule has 0 saturated heterocycles. The van der Waals surface area contributed by atoms with Crippen LogP contribution in [0.5, 0.6) is 5.75 Å². The van der Waals surface area contributed by atoms with Crippen LogP contribution in [-0.2, 0) is 27.0 Å². The van der Waals surface area contributed by atoms with Crippen molar-refractivity contribution in [3.8, 4) is 5.75 Å². The molecule has 4 aliphatic rings. The van der Waals surface area contributed by atoms with Crippen LogP contribution in [0.4, 0.5) is 5.69 Å². The zero-order valence-electron chi connectivity index (χ0n) is 24.0. The van der Waals surface area contributed by atoms with Gasteiger partial charge in [0.25, 0.3) is 0 Å². The van der Waals surface area contributed by atoms with Crippen LogP contribution in [0, 0.1) is 11.8 Å². The quantitative estimate of drug-likeness (QED) is 0.388. The molecule has 2 aromatic rings. The third kappa shape index (κ3) is 5.39. The molecule has 41 heavy (non-hydrogen) atoms. The fourth-order valence-corrected chi connectivity index (χ4v) is 7.92. The number of halogens is 1. The van der Waals surface area contributed by atoms with Gasteiger partial charge in [-0.3, -0.25) is 0 Å². The van der Waals surface area contributed by atoms with Gasteiger partial charge in [0, 0.05) is 30.6 Å².